The van der Waals surface area contributed by atoms with Crippen LogP contribution >= 0.6 is 0 Å². The summed E-state index contributed by atoms with van der Waals surface area (Å²) in [7, 11) is 1.58. The molecular weight excluding hydrogens is 324 g/mol. The van der Waals surface area contributed by atoms with Crippen LogP contribution in [0.25, 0.3) is 11.0 Å². The second-order valence-corrected chi connectivity index (χ2v) is 5.84. The number of para-hydroxylation sites is 1. The largest absolute Gasteiger partial charge is 0.450 e. The summed E-state index contributed by atoms with van der Waals surface area (Å²) in [4.78, 5) is 37.2. The molecule has 0 N–H and O–H groups in total. The summed E-state index contributed by atoms with van der Waals surface area (Å²) in [5.41, 5.74) is 0.916. The zero-order valence-corrected chi connectivity index (χ0v) is 13.1. The van der Waals surface area contributed by atoms with Gasteiger partial charge >= 0.3 is 0 Å². The summed E-state index contributed by atoms with van der Waals surface area (Å²) in [6.07, 6.45) is 0. The quantitative estimate of drug-likeness (QED) is 0.530. The molecule has 0 aliphatic carbocycles. The summed E-state index contributed by atoms with van der Waals surface area (Å²) in [6, 6.07) is 11.9. The zero-order chi connectivity index (χ0) is 17.7. The van der Waals surface area contributed by atoms with Crippen molar-refractivity contribution in [1.29, 1.82) is 0 Å². The molecule has 4 rings (SSSR count). The molecule has 1 aromatic heterocycles. The van der Waals surface area contributed by atoms with Crippen molar-refractivity contribution >= 4 is 22.6 Å². The Morgan fingerprint density at radius 2 is 1.76 bits per heavy atom. The van der Waals surface area contributed by atoms with Crippen molar-refractivity contribution in [2.75, 3.05) is 7.05 Å². The number of rotatable bonds is 2. The second-order valence-electron chi connectivity index (χ2n) is 5.84. The molecule has 1 unspecified atom stereocenters. The first kappa shape index (κ1) is 15.1. The molecule has 0 radical (unpaired) electrons. The van der Waals surface area contributed by atoms with E-state index < -0.39 is 11.0 Å². The van der Waals surface area contributed by atoms with Crippen LogP contribution in [-0.4, -0.2) is 22.8 Å². The Balaban J connectivity index is 1.95. The van der Waals surface area contributed by atoms with E-state index in [1.807, 2.05) is 0 Å². The monoisotopic (exact) mass is 336 g/mol. The Kier molecular flexibility index (Phi) is 3.18. The molecule has 3 aromatic rings. The fourth-order valence-electron chi connectivity index (χ4n) is 3.20. The number of fused-ring (bicyclic) bond motifs is 2. The van der Waals surface area contributed by atoms with E-state index in [9.17, 15) is 19.7 Å². The van der Waals surface area contributed by atoms with Crippen molar-refractivity contribution in [2.24, 2.45) is 0 Å². The maximum Gasteiger partial charge on any atom is 0.290 e. The van der Waals surface area contributed by atoms with Gasteiger partial charge in [-0.2, -0.15) is 0 Å². The Bertz CT molecular complexity index is 1080. The highest BCUT2D eigenvalue weighted by Gasteiger charge is 2.40. The average molecular weight is 336 g/mol. The lowest BCUT2D eigenvalue weighted by Gasteiger charge is -2.20. The number of non-ortho nitro benzene ring substituents is 1. The average Bonchev–Trinajstić information content (AvgIpc) is 2.87. The van der Waals surface area contributed by atoms with Gasteiger partial charge in [0, 0.05) is 19.2 Å². The zero-order valence-electron chi connectivity index (χ0n) is 13.1. The summed E-state index contributed by atoms with van der Waals surface area (Å²) >= 11 is 0. The van der Waals surface area contributed by atoms with E-state index in [0.717, 1.165) is 0 Å². The Morgan fingerprint density at radius 1 is 1.08 bits per heavy atom. The molecule has 1 aliphatic heterocycles. The van der Waals surface area contributed by atoms with Gasteiger partial charge in [0.15, 0.2) is 5.43 Å². The lowest BCUT2D eigenvalue weighted by atomic mass is 9.98. The molecule has 7 nitrogen and oxygen atoms in total. The van der Waals surface area contributed by atoms with Gasteiger partial charge in [-0.15, -0.1) is 0 Å². The Morgan fingerprint density at radius 3 is 2.44 bits per heavy atom. The molecule has 2 heterocycles. The lowest BCUT2D eigenvalue weighted by molar-refractivity contribution is -0.384. The number of amides is 1. The van der Waals surface area contributed by atoms with Gasteiger partial charge in [0.25, 0.3) is 11.6 Å². The van der Waals surface area contributed by atoms with E-state index in [1.54, 1.807) is 43.4 Å². The Hall–Kier alpha value is -3.48. The van der Waals surface area contributed by atoms with Gasteiger partial charge in [-0.05, 0) is 29.8 Å². The number of carbonyl (C=O) groups is 1. The molecule has 7 heteroatoms. The Labute approximate surface area is 141 Å². The molecule has 1 atom stereocenters. The van der Waals surface area contributed by atoms with Gasteiger partial charge < -0.3 is 9.32 Å². The van der Waals surface area contributed by atoms with Crippen LogP contribution in [-0.2, 0) is 0 Å². The minimum Gasteiger partial charge on any atom is -0.450 e. The molecule has 0 fully saturated rings. The second kappa shape index (κ2) is 5.27. The highest BCUT2D eigenvalue weighted by atomic mass is 16.6. The number of hydrogen-bond acceptors (Lipinski definition) is 5. The summed E-state index contributed by atoms with van der Waals surface area (Å²) in [6.45, 7) is 0. The molecule has 25 heavy (non-hydrogen) atoms. The van der Waals surface area contributed by atoms with Crippen molar-refractivity contribution in [3.63, 3.8) is 0 Å². The van der Waals surface area contributed by atoms with Crippen LogP contribution in [0, 0.1) is 10.1 Å². The number of carbonyl (C=O) groups excluding carboxylic acids is 1. The third kappa shape index (κ3) is 2.13. The minimum atomic E-state index is -0.635. The van der Waals surface area contributed by atoms with Crippen LogP contribution in [0.1, 0.15) is 27.7 Å². The van der Waals surface area contributed by atoms with Crippen LogP contribution in [0.4, 0.5) is 5.69 Å². The topological polar surface area (TPSA) is 93.7 Å². The van der Waals surface area contributed by atoms with Gasteiger partial charge in [0.2, 0.25) is 5.76 Å². The number of nitro benzene ring substituents is 1. The molecule has 0 bridgehead atoms. The summed E-state index contributed by atoms with van der Waals surface area (Å²) in [5, 5.41) is 11.2. The van der Waals surface area contributed by atoms with E-state index >= 15 is 0 Å². The van der Waals surface area contributed by atoms with Crippen molar-refractivity contribution in [2.45, 2.75) is 6.04 Å². The maximum absolute atomic E-state index is 12.9. The standard InChI is InChI=1S/C18H12N2O5/c1-19-15(10-6-8-11(9-7-10)20(23)24)14-16(21)12-4-2-3-5-13(12)25-17(14)18(19)22/h2-9,15H,1H3. The smallest absolute Gasteiger partial charge is 0.290 e. The van der Waals surface area contributed by atoms with Crippen LogP contribution in [0.15, 0.2) is 57.7 Å². The van der Waals surface area contributed by atoms with Crippen LogP contribution in [0.2, 0.25) is 0 Å². The summed E-state index contributed by atoms with van der Waals surface area (Å²) < 4.78 is 5.68. The van der Waals surface area contributed by atoms with Gasteiger partial charge in [-0.1, -0.05) is 12.1 Å². The number of nitro groups is 1. The van der Waals surface area contributed by atoms with E-state index in [1.165, 1.54) is 17.0 Å². The van der Waals surface area contributed by atoms with Crippen molar-refractivity contribution in [1.82, 2.24) is 4.90 Å². The predicted octanol–water partition coefficient (Wildman–Crippen LogP) is 2.88. The van der Waals surface area contributed by atoms with Crippen LogP contribution < -0.4 is 5.43 Å². The highest BCUT2D eigenvalue weighted by Crippen LogP contribution is 2.37. The molecule has 124 valence electrons. The van der Waals surface area contributed by atoms with E-state index in [4.69, 9.17) is 4.42 Å². The first-order valence-corrected chi connectivity index (χ1v) is 7.56. The van der Waals surface area contributed by atoms with E-state index in [-0.39, 0.29) is 28.3 Å². The predicted molar refractivity (Wildman–Crippen MR) is 89.5 cm³/mol. The number of hydrogen-bond donors (Lipinski definition) is 0. The first-order valence-electron chi connectivity index (χ1n) is 7.56. The number of nitrogens with zero attached hydrogens (tertiary/aromatic N) is 2. The van der Waals surface area contributed by atoms with Crippen molar-refractivity contribution < 1.29 is 14.1 Å². The SMILES string of the molecule is CN1C(=O)c2oc3ccccc3c(=O)c2C1c1ccc([N+](=O)[O-])cc1. The third-order valence-corrected chi connectivity index (χ3v) is 4.43. The first-order chi connectivity index (χ1) is 12.0. The van der Waals surface area contributed by atoms with Crippen molar-refractivity contribution in [3.05, 3.63) is 85.8 Å². The van der Waals surface area contributed by atoms with Gasteiger partial charge in [-0.3, -0.25) is 19.7 Å². The van der Waals surface area contributed by atoms with Crippen LogP contribution in [0.5, 0.6) is 0 Å². The van der Waals surface area contributed by atoms with Gasteiger partial charge in [0.05, 0.1) is 21.9 Å². The molecular formula is C18H12N2O5. The molecule has 0 saturated carbocycles. The fraction of sp³-hybridized carbons (Fsp3) is 0.111. The van der Waals surface area contributed by atoms with Crippen molar-refractivity contribution in [3.8, 4) is 0 Å². The third-order valence-electron chi connectivity index (χ3n) is 4.43. The van der Waals surface area contributed by atoms with E-state index in [2.05, 4.69) is 0 Å². The van der Waals surface area contributed by atoms with E-state index in [0.29, 0.717) is 16.5 Å². The molecule has 2 aromatic carbocycles. The van der Waals surface area contributed by atoms with Gasteiger partial charge in [-0.25, -0.2) is 0 Å². The molecule has 0 spiro atoms. The lowest BCUT2D eigenvalue weighted by Crippen LogP contribution is -2.25. The number of benzene rings is 2. The fourth-order valence-corrected chi connectivity index (χ4v) is 3.20. The van der Waals surface area contributed by atoms with Gasteiger partial charge in [0.1, 0.15) is 5.58 Å². The highest BCUT2D eigenvalue weighted by molar-refractivity contribution is 5.98. The van der Waals surface area contributed by atoms with Crippen LogP contribution in [0.3, 0.4) is 0 Å². The molecule has 1 amide bonds. The maximum atomic E-state index is 12.9. The molecule has 0 saturated heterocycles. The normalized spacial score (nSPS) is 16.3. The molecule has 1 aliphatic rings. The minimum absolute atomic E-state index is 0.0227. The summed E-state index contributed by atoms with van der Waals surface area (Å²) in [5.74, 6) is -0.365.